The van der Waals surface area contributed by atoms with Gasteiger partial charge in [0, 0.05) is 13.8 Å². The second kappa shape index (κ2) is 7.55. The minimum atomic E-state index is -1.29. The van der Waals surface area contributed by atoms with E-state index in [0.29, 0.717) is 0 Å². The molecule has 0 saturated carbocycles. The van der Waals surface area contributed by atoms with Crippen LogP contribution in [-0.4, -0.2) is 39.8 Å². The van der Waals surface area contributed by atoms with E-state index in [0.717, 1.165) is 24.6 Å². The number of nitrogen functional groups attached to an aromatic ring is 1. The molecular formula is C13H16FN3O8. The summed E-state index contributed by atoms with van der Waals surface area (Å²) in [6.07, 6.45) is -3.65. The molecular weight excluding hydrogens is 345 g/mol. The van der Waals surface area contributed by atoms with Crippen molar-refractivity contribution in [2.24, 2.45) is 0 Å². The molecule has 1 fully saturated rings. The molecule has 12 heteroatoms. The summed E-state index contributed by atoms with van der Waals surface area (Å²) in [5, 5.41) is 0. The average molecular weight is 361 g/mol. The van der Waals surface area contributed by atoms with Crippen molar-refractivity contribution in [3.63, 3.8) is 0 Å². The van der Waals surface area contributed by atoms with Crippen molar-refractivity contribution in [1.29, 1.82) is 0 Å². The molecule has 0 aromatic carbocycles. The summed E-state index contributed by atoms with van der Waals surface area (Å²) < 4.78 is 19.9. The number of nitrogens with zero attached hydrogens (tertiary/aromatic N) is 2. The summed E-state index contributed by atoms with van der Waals surface area (Å²) in [4.78, 5) is 56.0. The van der Waals surface area contributed by atoms with Crippen LogP contribution in [0, 0.1) is 5.82 Å². The van der Waals surface area contributed by atoms with Gasteiger partial charge in [0.1, 0.15) is 0 Å². The molecule has 0 spiro atoms. The standard InChI is InChI=1S/C13H16FN3O8/c1-5-9(24-22-6(2)18)10(25-23-7(3)19)12(21-5)17-4-8(14)11(15)16-13(17)20/h4-5,9-10,12H,1-3H3,(H2,15,16,20)/t5-,9-,10-,12-/m1/s1. The highest BCUT2D eigenvalue weighted by Gasteiger charge is 2.49. The zero-order valence-corrected chi connectivity index (χ0v) is 13.5. The smallest absolute Gasteiger partial charge is 0.351 e. The Labute approximate surface area is 140 Å². The predicted octanol–water partition coefficient (Wildman–Crippen LogP) is -0.391. The van der Waals surface area contributed by atoms with E-state index in [-0.39, 0.29) is 0 Å². The summed E-state index contributed by atoms with van der Waals surface area (Å²) in [7, 11) is 0. The second-order valence-corrected chi connectivity index (χ2v) is 5.17. The Kier molecular flexibility index (Phi) is 5.66. The minimum Gasteiger partial charge on any atom is -0.381 e. The SMILES string of the molecule is CC(=O)OO[C@@H]1[C@H](OOC(C)=O)[C@@H](C)O[C@H]1n1cc(F)c(N)nc1=O. The molecule has 1 aromatic rings. The third-order valence-electron chi connectivity index (χ3n) is 3.18. The molecule has 2 rings (SSSR count). The molecule has 2 heterocycles. The fourth-order valence-electron chi connectivity index (χ4n) is 2.15. The van der Waals surface area contributed by atoms with Crippen LogP contribution in [-0.2, 0) is 33.9 Å². The number of halogens is 1. The molecule has 0 amide bonds. The van der Waals surface area contributed by atoms with Gasteiger partial charge in [0.2, 0.25) is 0 Å². The van der Waals surface area contributed by atoms with Gasteiger partial charge in [0.05, 0.1) is 12.3 Å². The van der Waals surface area contributed by atoms with Crippen molar-refractivity contribution >= 4 is 17.8 Å². The maximum Gasteiger partial charge on any atom is 0.351 e. The van der Waals surface area contributed by atoms with E-state index in [4.69, 9.17) is 20.2 Å². The number of aromatic nitrogens is 2. The van der Waals surface area contributed by atoms with Crippen LogP contribution in [0.3, 0.4) is 0 Å². The lowest BCUT2D eigenvalue weighted by molar-refractivity contribution is -0.358. The molecule has 2 N–H and O–H groups in total. The molecule has 0 bridgehead atoms. The third kappa shape index (κ3) is 4.29. The third-order valence-corrected chi connectivity index (χ3v) is 3.18. The van der Waals surface area contributed by atoms with Gasteiger partial charge in [-0.3, -0.25) is 14.3 Å². The minimum absolute atomic E-state index is 0.586. The lowest BCUT2D eigenvalue weighted by Gasteiger charge is -2.21. The summed E-state index contributed by atoms with van der Waals surface area (Å²) >= 11 is 0. The van der Waals surface area contributed by atoms with Gasteiger partial charge in [0.25, 0.3) is 0 Å². The Morgan fingerprint density at radius 3 is 2.36 bits per heavy atom. The van der Waals surface area contributed by atoms with Crippen molar-refractivity contribution in [3.05, 3.63) is 22.5 Å². The predicted molar refractivity (Wildman–Crippen MR) is 75.7 cm³/mol. The normalized spacial score (nSPS) is 25.6. The Morgan fingerprint density at radius 1 is 1.24 bits per heavy atom. The van der Waals surface area contributed by atoms with Crippen molar-refractivity contribution in [3.8, 4) is 0 Å². The zero-order valence-electron chi connectivity index (χ0n) is 13.5. The van der Waals surface area contributed by atoms with E-state index in [1.807, 2.05) is 0 Å². The number of hydrogen-bond acceptors (Lipinski definition) is 10. The fourth-order valence-corrected chi connectivity index (χ4v) is 2.15. The average Bonchev–Trinajstić information content (AvgIpc) is 2.82. The molecule has 1 aliphatic heterocycles. The highest BCUT2D eigenvalue weighted by Crippen LogP contribution is 2.33. The largest absolute Gasteiger partial charge is 0.381 e. The van der Waals surface area contributed by atoms with Crippen molar-refractivity contribution in [2.45, 2.75) is 45.3 Å². The summed E-state index contributed by atoms with van der Waals surface area (Å²) in [6.45, 7) is 3.70. The Balaban J connectivity index is 2.34. The fraction of sp³-hybridized carbons (Fsp3) is 0.538. The lowest BCUT2D eigenvalue weighted by Crippen LogP contribution is -2.39. The van der Waals surface area contributed by atoms with Crippen LogP contribution < -0.4 is 11.4 Å². The van der Waals surface area contributed by atoms with Crippen LogP contribution in [0.2, 0.25) is 0 Å². The van der Waals surface area contributed by atoms with E-state index < -0.39 is 53.8 Å². The van der Waals surface area contributed by atoms with E-state index in [2.05, 4.69) is 14.8 Å². The first kappa shape index (κ1) is 18.8. The maximum absolute atomic E-state index is 13.7. The van der Waals surface area contributed by atoms with Gasteiger partial charge in [-0.15, -0.1) is 0 Å². The number of anilines is 1. The van der Waals surface area contributed by atoms with Crippen LogP contribution in [0.25, 0.3) is 0 Å². The zero-order chi connectivity index (χ0) is 18.7. The first-order valence-electron chi connectivity index (χ1n) is 7.08. The van der Waals surface area contributed by atoms with E-state index in [9.17, 15) is 18.8 Å². The summed E-state index contributed by atoms with van der Waals surface area (Å²) in [5.74, 6) is -3.10. The molecule has 1 saturated heterocycles. The van der Waals surface area contributed by atoms with Gasteiger partial charge in [-0.2, -0.15) is 14.8 Å². The van der Waals surface area contributed by atoms with Crippen LogP contribution >= 0.6 is 0 Å². The number of nitrogens with two attached hydrogens (primary N) is 1. The number of ether oxygens (including phenoxy) is 1. The highest BCUT2D eigenvalue weighted by molar-refractivity contribution is 5.65. The summed E-state index contributed by atoms with van der Waals surface area (Å²) in [5.41, 5.74) is 4.30. The van der Waals surface area contributed by atoms with Crippen molar-refractivity contribution in [1.82, 2.24) is 9.55 Å². The molecule has 11 nitrogen and oxygen atoms in total. The van der Waals surface area contributed by atoms with E-state index in [1.165, 1.54) is 6.92 Å². The van der Waals surface area contributed by atoms with E-state index >= 15 is 0 Å². The van der Waals surface area contributed by atoms with Gasteiger partial charge in [-0.05, 0) is 6.92 Å². The van der Waals surface area contributed by atoms with Crippen molar-refractivity contribution < 1.29 is 38.3 Å². The quantitative estimate of drug-likeness (QED) is 0.544. The Bertz CT molecular complexity index is 724. The molecule has 138 valence electrons. The van der Waals surface area contributed by atoms with Crippen LogP contribution in [0.15, 0.2) is 11.0 Å². The number of rotatable bonds is 5. The molecule has 0 radical (unpaired) electrons. The molecule has 1 aromatic heterocycles. The maximum atomic E-state index is 13.7. The van der Waals surface area contributed by atoms with Gasteiger partial charge in [0.15, 0.2) is 30.1 Å². The molecule has 1 aliphatic rings. The van der Waals surface area contributed by atoms with Crippen LogP contribution in [0.1, 0.15) is 27.0 Å². The first-order valence-corrected chi connectivity index (χ1v) is 7.08. The molecule has 25 heavy (non-hydrogen) atoms. The van der Waals surface area contributed by atoms with Gasteiger partial charge in [-0.25, -0.2) is 18.8 Å². The number of hydrogen-bond donors (Lipinski definition) is 1. The van der Waals surface area contributed by atoms with Crippen LogP contribution in [0.5, 0.6) is 0 Å². The highest BCUT2D eigenvalue weighted by atomic mass is 19.1. The lowest BCUT2D eigenvalue weighted by atomic mass is 10.1. The van der Waals surface area contributed by atoms with E-state index in [1.54, 1.807) is 0 Å². The number of carbonyl (C=O) groups is 2. The molecule has 0 aliphatic carbocycles. The van der Waals surface area contributed by atoms with Crippen LogP contribution in [0.4, 0.5) is 10.2 Å². The van der Waals surface area contributed by atoms with Crippen molar-refractivity contribution in [2.75, 3.05) is 5.73 Å². The Hall–Kier alpha value is -2.57. The summed E-state index contributed by atoms with van der Waals surface area (Å²) in [6, 6.07) is 0. The van der Waals surface area contributed by atoms with Gasteiger partial charge in [-0.1, -0.05) is 0 Å². The topological polar surface area (TPSA) is 141 Å². The Morgan fingerprint density at radius 2 is 1.80 bits per heavy atom. The second-order valence-electron chi connectivity index (χ2n) is 5.17. The van der Waals surface area contributed by atoms with Gasteiger partial charge >= 0.3 is 17.6 Å². The molecule has 4 atom stereocenters. The first-order chi connectivity index (χ1) is 11.7. The monoisotopic (exact) mass is 361 g/mol. The number of carbonyl (C=O) groups excluding carboxylic acids is 2. The van der Waals surface area contributed by atoms with Gasteiger partial charge < -0.3 is 10.5 Å². The molecule has 0 unspecified atom stereocenters.